The van der Waals surface area contributed by atoms with Gasteiger partial charge in [0, 0.05) is 6.54 Å². The van der Waals surface area contributed by atoms with E-state index in [-0.39, 0.29) is 58.2 Å². The molecule has 2 fully saturated rings. The van der Waals surface area contributed by atoms with Crippen molar-refractivity contribution in [2.45, 2.75) is 12.8 Å². The average molecular weight is 225 g/mol. The van der Waals surface area contributed by atoms with Crippen LogP contribution < -0.4 is 58.2 Å². The predicted octanol–water partition coefficient (Wildman–Crippen LogP) is -1.91. The molecule has 2 aliphatic rings. The molecule has 2 rings (SSSR count). The number of hydrogen-bond donors (Lipinski definition) is 0. The van der Waals surface area contributed by atoms with Crippen LogP contribution >= 0.6 is 0 Å². The molecule has 0 bridgehead atoms. The van der Waals surface area contributed by atoms with Gasteiger partial charge in [-0.1, -0.05) is 6.42 Å². The molecule has 2 saturated heterocycles. The van der Waals surface area contributed by atoms with Crippen molar-refractivity contribution in [2.75, 3.05) is 33.2 Å². The molecule has 2 aliphatic heterocycles. The molecule has 0 aliphatic carbocycles. The van der Waals surface area contributed by atoms with Crippen molar-refractivity contribution >= 4 is 0 Å². The molecule has 0 amide bonds. The maximum absolute atomic E-state index is 4.43. The second-order valence-electron chi connectivity index (χ2n) is 3.84. The van der Waals surface area contributed by atoms with Crippen molar-refractivity contribution in [1.29, 1.82) is 0 Å². The average Bonchev–Trinajstić information content (AvgIpc) is 2.46. The molecule has 0 radical (unpaired) electrons. The second-order valence-corrected chi connectivity index (χ2v) is 3.84. The van der Waals surface area contributed by atoms with Gasteiger partial charge in [-0.15, -0.1) is 13.1 Å². The summed E-state index contributed by atoms with van der Waals surface area (Å²) in [5.74, 6) is 0. The van der Waals surface area contributed by atoms with Gasteiger partial charge in [-0.3, -0.25) is 0 Å². The molecule has 0 aromatic rings. The Hall–Kier alpha value is 1.73. The maximum Gasteiger partial charge on any atom is 1.00 e. The summed E-state index contributed by atoms with van der Waals surface area (Å²) in [7, 11) is 2.22. The molecule has 1 spiro atoms. The van der Waals surface area contributed by atoms with Gasteiger partial charge in [-0.25, -0.2) is 0 Å². The van der Waals surface area contributed by atoms with Crippen LogP contribution in [0.4, 0.5) is 0 Å². The Morgan fingerprint density at radius 1 is 1.36 bits per heavy atom. The van der Waals surface area contributed by atoms with E-state index in [9.17, 15) is 0 Å². The SMILES string of the molecule is CN1CCC2(CC[N-]C2)C1.[Rb+]. The molecule has 3 heteroatoms. The first kappa shape index (κ1) is 10.8. The van der Waals surface area contributed by atoms with Gasteiger partial charge in [0.05, 0.1) is 0 Å². The van der Waals surface area contributed by atoms with Gasteiger partial charge in [-0.05, 0) is 25.4 Å². The third-order valence-electron chi connectivity index (χ3n) is 2.88. The van der Waals surface area contributed by atoms with Gasteiger partial charge in [0.2, 0.25) is 0 Å². The molecule has 1 atom stereocenters. The monoisotopic (exact) mass is 224 g/mol. The van der Waals surface area contributed by atoms with Crippen LogP contribution in [-0.2, 0) is 0 Å². The van der Waals surface area contributed by atoms with Gasteiger partial charge in [0.15, 0.2) is 0 Å². The summed E-state index contributed by atoms with van der Waals surface area (Å²) in [5, 5.41) is 4.43. The largest absolute Gasteiger partial charge is 1.00 e. The first-order valence-corrected chi connectivity index (χ1v) is 4.13. The van der Waals surface area contributed by atoms with Crippen LogP contribution in [0.3, 0.4) is 0 Å². The fourth-order valence-corrected chi connectivity index (χ4v) is 2.20. The molecule has 0 N–H and O–H groups in total. The van der Waals surface area contributed by atoms with Crippen LogP contribution in [-0.4, -0.2) is 38.1 Å². The quantitative estimate of drug-likeness (QED) is 0.470. The Bertz CT molecular complexity index is 132. The van der Waals surface area contributed by atoms with E-state index in [1.807, 2.05) is 0 Å². The van der Waals surface area contributed by atoms with Gasteiger partial charge in [0.25, 0.3) is 0 Å². The molecule has 2 nitrogen and oxygen atoms in total. The van der Waals surface area contributed by atoms with E-state index in [0.29, 0.717) is 5.41 Å². The third-order valence-corrected chi connectivity index (χ3v) is 2.88. The van der Waals surface area contributed by atoms with Crippen molar-refractivity contribution in [3.05, 3.63) is 5.32 Å². The normalized spacial score (nSPS) is 37.9. The zero-order valence-electron chi connectivity index (χ0n) is 7.64. The van der Waals surface area contributed by atoms with Crippen LogP contribution in [0.5, 0.6) is 0 Å². The molecular formula is C8H15N2Rb. The molecule has 1 unspecified atom stereocenters. The van der Waals surface area contributed by atoms with Crippen molar-refractivity contribution in [2.24, 2.45) is 5.41 Å². The standard InChI is InChI=1S/C8H15N2.Rb/c1-10-5-3-8(7-10)2-4-9-6-8;/h2-7H2,1H3;/q-1;+1. The first-order valence-electron chi connectivity index (χ1n) is 4.13. The van der Waals surface area contributed by atoms with Crippen LogP contribution in [0.15, 0.2) is 0 Å². The smallest absolute Gasteiger partial charge is 0.662 e. The number of hydrogen-bond acceptors (Lipinski definition) is 1. The molecule has 11 heavy (non-hydrogen) atoms. The molecule has 58 valence electrons. The summed E-state index contributed by atoms with van der Waals surface area (Å²) < 4.78 is 0. The molecule has 0 aromatic carbocycles. The zero-order chi connectivity index (χ0) is 7.03. The minimum absolute atomic E-state index is 0. The minimum Gasteiger partial charge on any atom is -0.662 e. The summed E-state index contributed by atoms with van der Waals surface area (Å²) in [6, 6.07) is 0. The Morgan fingerprint density at radius 2 is 2.18 bits per heavy atom. The molecule has 2 heterocycles. The van der Waals surface area contributed by atoms with Crippen LogP contribution in [0.1, 0.15) is 12.8 Å². The van der Waals surface area contributed by atoms with E-state index in [2.05, 4.69) is 17.3 Å². The molecule has 0 aromatic heterocycles. The number of rotatable bonds is 0. The minimum atomic E-state index is 0. The Balaban J connectivity index is 0.000000605. The van der Waals surface area contributed by atoms with Gasteiger partial charge < -0.3 is 10.2 Å². The van der Waals surface area contributed by atoms with E-state index in [0.717, 1.165) is 13.1 Å². The van der Waals surface area contributed by atoms with E-state index in [1.165, 1.54) is 25.9 Å². The van der Waals surface area contributed by atoms with E-state index < -0.39 is 0 Å². The maximum atomic E-state index is 4.43. The summed E-state index contributed by atoms with van der Waals surface area (Å²) in [6.07, 6.45) is 2.73. The van der Waals surface area contributed by atoms with Crippen molar-refractivity contribution in [3.63, 3.8) is 0 Å². The summed E-state index contributed by atoms with van der Waals surface area (Å²) >= 11 is 0. The van der Waals surface area contributed by atoms with Gasteiger partial charge in [-0.2, -0.15) is 0 Å². The number of nitrogens with zero attached hydrogens (tertiary/aromatic N) is 2. The third kappa shape index (κ3) is 2.35. The van der Waals surface area contributed by atoms with Gasteiger partial charge in [0.1, 0.15) is 0 Å². The Morgan fingerprint density at radius 3 is 2.64 bits per heavy atom. The Kier molecular flexibility index (Phi) is 4.22. The predicted molar refractivity (Wildman–Crippen MR) is 42.3 cm³/mol. The molecule has 0 saturated carbocycles. The Labute approximate surface area is 118 Å². The van der Waals surface area contributed by atoms with E-state index >= 15 is 0 Å². The van der Waals surface area contributed by atoms with Crippen molar-refractivity contribution < 1.29 is 58.2 Å². The van der Waals surface area contributed by atoms with Gasteiger partial charge >= 0.3 is 58.2 Å². The fraction of sp³-hybridized carbons (Fsp3) is 1.00. The summed E-state index contributed by atoms with van der Waals surface area (Å²) in [5.41, 5.74) is 0.620. The topological polar surface area (TPSA) is 17.3 Å². The van der Waals surface area contributed by atoms with Crippen LogP contribution in [0.2, 0.25) is 0 Å². The van der Waals surface area contributed by atoms with E-state index in [1.54, 1.807) is 0 Å². The van der Waals surface area contributed by atoms with Crippen LogP contribution in [0, 0.1) is 5.41 Å². The van der Waals surface area contributed by atoms with Crippen LogP contribution in [0.25, 0.3) is 5.32 Å². The van der Waals surface area contributed by atoms with E-state index in [4.69, 9.17) is 0 Å². The van der Waals surface area contributed by atoms with Crippen molar-refractivity contribution in [1.82, 2.24) is 4.90 Å². The number of likely N-dealkylation sites (tertiary alicyclic amines) is 1. The summed E-state index contributed by atoms with van der Waals surface area (Å²) in [6.45, 7) is 4.83. The fourth-order valence-electron chi connectivity index (χ4n) is 2.20. The second kappa shape index (κ2) is 4.29. The molecular weight excluding hydrogens is 210 g/mol. The first-order chi connectivity index (χ1) is 4.81. The zero-order valence-corrected chi connectivity index (χ0v) is 12.6. The van der Waals surface area contributed by atoms with Crippen molar-refractivity contribution in [3.8, 4) is 0 Å². The summed E-state index contributed by atoms with van der Waals surface area (Å²) in [4.78, 5) is 2.43.